The zero-order valence-electron chi connectivity index (χ0n) is 21.3. The number of aromatic nitrogens is 1. The van der Waals surface area contributed by atoms with Gasteiger partial charge in [0.15, 0.2) is 0 Å². The van der Waals surface area contributed by atoms with Crippen molar-refractivity contribution in [1.82, 2.24) is 19.7 Å². The highest BCUT2D eigenvalue weighted by Gasteiger charge is 2.58. The number of benzene rings is 2. The summed E-state index contributed by atoms with van der Waals surface area (Å²) in [6.45, 7) is 2.60. The SMILES string of the molecule is O=C1N(CCCc2cccnc2)C(=O)C2(CCN(C3Cc4ccccc4C3)CC2)N1Cc1ccccc1. The number of piperidine rings is 1. The maximum absolute atomic E-state index is 14.0. The van der Waals surface area contributed by atoms with Gasteiger partial charge >= 0.3 is 6.03 Å². The van der Waals surface area contributed by atoms with E-state index in [0.29, 0.717) is 32.0 Å². The molecule has 2 saturated heterocycles. The van der Waals surface area contributed by atoms with E-state index in [-0.39, 0.29) is 11.9 Å². The highest BCUT2D eigenvalue weighted by Crippen LogP contribution is 2.40. The third kappa shape index (κ3) is 4.55. The Morgan fingerprint density at radius 3 is 2.19 bits per heavy atom. The fourth-order valence-corrected chi connectivity index (χ4v) is 6.49. The number of urea groups is 1. The second-order valence-corrected chi connectivity index (χ2v) is 10.7. The topological polar surface area (TPSA) is 56.8 Å². The number of pyridine rings is 1. The first-order chi connectivity index (χ1) is 18.1. The van der Waals surface area contributed by atoms with Crippen molar-refractivity contribution >= 4 is 11.9 Å². The van der Waals surface area contributed by atoms with E-state index in [9.17, 15) is 9.59 Å². The molecule has 37 heavy (non-hydrogen) atoms. The molecule has 0 saturated carbocycles. The molecule has 6 nitrogen and oxygen atoms in total. The third-order valence-electron chi connectivity index (χ3n) is 8.55. The van der Waals surface area contributed by atoms with Gasteiger partial charge in [-0.25, -0.2) is 4.79 Å². The number of carbonyl (C=O) groups excluding carboxylic acids is 2. The lowest BCUT2D eigenvalue weighted by Crippen LogP contribution is -2.57. The number of imide groups is 1. The molecule has 2 aliphatic heterocycles. The van der Waals surface area contributed by atoms with Crippen molar-refractivity contribution < 1.29 is 9.59 Å². The summed E-state index contributed by atoms with van der Waals surface area (Å²) in [6.07, 6.45) is 8.69. The van der Waals surface area contributed by atoms with Gasteiger partial charge in [-0.3, -0.25) is 19.6 Å². The Kier molecular flexibility index (Phi) is 6.51. The summed E-state index contributed by atoms with van der Waals surface area (Å²) >= 11 is 0. The molecule has 1 spiro atoms. The number of hydrogen-bond acceptors (Lipinski definition) is 4. The molecule has 1 aromatic heterocycles. The molecule has 6 heteroatoms. The van der Waals surface area contributed by atoms with Crippen LogP contribution in [0.15, 0.2) is 79.1 Å². The van der Waals surface area contributed by atoms with Gasteiger partial charge in [-0.2, -0.15) is 0 Å². The fourth-order valence-electron chi connectivity index (χ4n) is 6.49. The average molecular weight is 495 g/mol. The van der Waals surface area contributed by atoms with Gasteiger partial charge in [0.05, 0.1) is 0 Å². The van der Waals surface area contributed by atoms with Crippen LogP contribution in [0.1, 0.15) is 41.5 Å². The van der Waals surface area contributed by atoms with Crippen LogP contribution in [0.25, 0.3) is 0 Å². The maximum Gasteiger partial charge on any atom is 0.327 e. The van der Waals surface area contributed by atoms with Gasteiger partial charge in [0.1, 0.15) is 5.54 Å². The van der Waals surface area contributed by atoms with E-state index < -0.39 is 5.54 Å². The van der Waals surface area contributed by atoms with E-state index >= 15 is 0 Å². The highest BCUT2D eigenvalue weighted by atomic mass is 16.2. The van der Waals surface area contributed by atoms with Crippen molar-refractivity contribution in [3.05, 3.63) is 101 Å². The standard InChI is InChI=1S/C31H34N4O2/c36-29-31(14-18-33(19-15-31)28-20-26-12-4-5-13-27(26)21-28)35(23-25-8-2-1-3-9-25)30(37)34(29)17-7-11-24-10-6-16-32-22-24/h1-6,8-10,12-13,16,22,28H,7,11,14-15,17-21,23H2. The minimum absolute atomic E-state index is 0.00558. The number of likely N-dealkylation sites (tertiary alicyclic amines) is 1. The van der Waals surface area contributed by atoms with Gasteiger partial charge in [-0.15, -0.1) is 0 Å². The molecule has 2 aromatic carbocycles. The zero-order valence-corrected chi connectivity index (χ0v) is 21.3. The van der Waals surface area contributed by atoms with Crippen LogP contribution in [0.4, 0.5) is 4.79 Å². The van der Waals surface area contributed by atoms with Crippen molar-refractivity contribution in [2.45, 2.75) is 56.7 Å². The second kappa shape index (κ2) is 10.1. The summed E-state index contributed by atoms with van der Waals surface area (Å²) in [5, 5.41) is 0. The predicted molar refractivity (Wildman–Crippen MR) is 143 cm³/mol. The van der Waals surface area contributed by atoms with Crippen LogP contribution in [0, 0.1) is 0 Å². The molecule has 0 N–H and O–H groups in total. The Labute approximate surface area is 218 Å². The van der Waals surface area contributed by atoms with Crippen molar-refractivity contribution in [2.75, 3.05) is 19.6 Å². The molecular formula is C31H34N4O2. The van der Waals surface area contributed by atoms with Crippen LogP contribution in [0.3, 0.4) is 0 Å². The Hall–Kier alpha value is -3.51. The van der Waals surface area contributed by atoms with Crippen molar-refractivity contribution in [1.29, 1.82) is 0 Å². The van der Waals surface area contributed by atoms with Crippen LogP contribution in [-0.2, 0) is 30.6 Å². The quantitative estimate of drug-likeness (QED) is 0.455. The first-order valence-electron chi connectivity index (χ1n) is 13.5. The van der Waals surface area contributed by atoms with Crippen LogP contribution in [0.5, 0.6) is 0 Å². The van der Waals surface area contributed by atoms with Crippen molar-refractivity contribution in [3.8, 4) is 0 Å². The largest absolute Gasteiger partial charge is 0.327 e. The van der Waals surface area contributed by atoms with E-state index in [1.54, 1.807) is 6.20 Å². The molecule has 190 valence electrons. The Morgan fingerprint density at radius 2 is 1.51 bits per heavy atom. The van der Waals surface area contributed by atoms with Crippen molar-refractivity contribution in [2.24, 2.45) is 0 Å². The van der Waals surface area contributed by atoms with E-state index in [4.69, 9.17) is 0 Å². The van der Waals surface area contributed by atoms with Gasteiger partial charge in [0.25, 0.3) is 5.91 Å². The molecule has 0 atom stereocenters. The molecule has 0 unspecified atom stereocenters. The average Bonchev–Trinajstić information content (AvgIpc) is 3.45. The predicted octanol–water partition coefficient (Wildman–Crippen LogP) is 4.48. The van der Waals surface area contributed by atoms with Crippen LogP contribution < -0.4 is 0 Å². The maximum atomic E-state index is 14.0. The van der Waals surface area contributed by atoms with E-state index in [1.807, 2.05) is 53.6 Å². The minimum Gasteiger partial charge on any atom is -0.305 e. The van der Waals surface area contributed by atoms with Crippen LogP contribution in [0.2, 0.25) is 0 Å². The number of rotatable bonds is 7. The molecule has 1 aliphatic carbocycles. The van der Waals surface area contributed by atoms with Gasteiger partial charge < -0.3 is 4.90 Å². The van der Waals surface area contributed by atoms with Crippen LogP contribution >= 0.6 is 0 Å². The zero-order chi connectivity index (χ0) is 25.2. The van der Waals surface area contributed by atoms with Gasteiger partial charge in [0.2, 0.25) is 0 Å². The molecule has 3 heterocycles. The summed E-state index contributed by atoms with van der Waals surface area (Å²) in [5.74, 6) is -0.00558. The lowest BCUT2D eigenvalue weighted by atomic mass is 9.84. The number of hydrogen-bond donors (Lipinski definition) is 0. The molecule has 0 radical (unpaired) electrons. The Bertz CT molecular complexity index is 1230. The molecule has 3 aliphatic rings. The summed E-state index contributed by atoms with van der Waals surface area (Å²) < 4.78 is 0. The van der Waals surface area contributed by atoms with Gasteiger partial charge in [-0.05, 0) is 66.8 Å². The van der Waals surface area contributed by atoms with Crippen molar-refractivity contribution in [3.63, 3.8) is 0 Å². The van der Waals surface area contributed by atoms with E-state index in [1.165, 1.54) is 16.0 Å². The molecule has 6 rings (SSSR count). The molecule has 2 fully saturated rings. The highest BCUT2D eigenvalue weighted by molar-refractivity contribution is 6.07. The number of amides is 3. The van der Waals surface area contributed by atoms with E-state index in [0.717, 1.165) is 49.9 Å². The number of nitrogens with zero attached hydrogens (tertiary/aromatic N) is 4. The van der Waals surface area contributed by atoms with E-state index in [2.05, 4.69) is 34.1 Å². The monoisotopic (exact) mass is 494 g/mol. The summed E-state index contributed by atoms with van der Waals surface area (Å²) in [6, 6.07) is 23.1. The van der Waals surface area contributed by atoms with Crippen LogP contribution in [-0.4, -0.2) is 62.8 Å². The van der Waals surface area contributed by atoms with Gasteiger partial charge in [-0.1, -0.05) is 60.7 Å². The fraction of sp³-hybridized carbons (Fsp3) is 0.387. The number of carbonyl (C=O) groups is 2. The summed E-state index contributed by atoms with van der Waals surface area (Å²) in [7, 11) is 0. The summed E-state index contributed by atoms with van der Waals surface area (Å²) in [4.78, 5) is 37.9. The lowest BCUT2D eigenvalue weighted by Gasteiger charge is -2.44. The third-order valence-corrected chi connectivity index (χ3v) is 8.55. The molecule has 3 amide bonds. The molecular weight excluding hydrogens is 460 g/mol. The molecule has 3 aromatic rings. The normalized spacial score (nSPS) is 19.7. The lowest BCUT2D eigenvalue weighted by molar-refractivity contribution is -0.136. The van der Waals surface area contributed by atoms with Gasteiger partial charge in [0, 0.05) is 44.6 Å². The molecule has 0 bridgehead atoms. The Balaban J connectivity index is 1.18. The minimum atomic E-state index is -0.747. The summed E-state index contributed by atoms with van der Waals surface area (Å²) in [5.41, 5.74) is 4.34. The first-order valence-corrected chi connectivity index (χ1v) is 13.5. The Morgan fingerprint density at radius 1 is 0.838 bits per heavy atom. The number of aryl methyl sites for hydroxylation is 1. The number of fused-ring (bicyclic) bond motifs is 1. The second-order valence-electron chi connectivity index (χ2n) is 10.7. The first kappa shape index (κ1) is 23.9. The smallest absolute Gasteiger partial charge is 0.305 e.